The average Bonchev–Trinajstić information content (AvgIpc) is 2.81. The van der Waals surface area contributed by atoms with Crippen LogP contribution in [0.5, 0.6) is 0 Å². The van der Waals surface area contributed by atoms with E-state index in [0.717, 1.165) is 11.3 Å². The molecule has 0 bridgehead atoms. The van der Waals surface area contributed by atoms with Gasteiger partial charge < -0.3 is 0 Å². The maximum absolute atomic E-state index is 12.8. The van der Waals surface area contributed by atoms with Crippen molar-refractivity contribution < 1.29 is 9.72 Å². The number of benzene rings is 2. The van der Waals surface area contributed by atoms with Crippen LogP contribution >= 0.6 is 0 Å². The summed E-state index contributed by atoms with van der Waals surface area (Å²) in [6, 6.07) is 13.7. The zero-order chi connectivity index (χ0) is 15.9. The van der Waals surface area contributed by atoms with Crippen LogP contribution in [0, 0.1) is 24.0 Å². The molecule has 0 fully saturated rings. The maximum Gasteiger partial charge on any atom is 0.270 e. The Morgan fingerprint density at radius 3 is 2.50 bits per heavy atom. The molecule has 0 amide bonds. The molecule has 1 heterocycles. The lowest BCUT2D eigenvalue weighted by atomic mass is 10.1. The number of nitro groups is 1. The van der Waals surface area contributed by atoms with Crippen LogP contribution < -0.4 is 0 Å². The van der Waals surface area contributed by atoms with E-state index in [-0.39, 0.29) is 11.6 Å². The largest absolute Gasteiger partial charge is 0.280 e. The molecule has 110 valence electrons. The van der Waals surface area contributed by atoms with Gasteiger partial charge in [0.15, 0.2) is 0 Å². The molecule has 0 unspecified atom stereocenters. The Kier molecular flexibility index (Phi) is 3.25. The zero-order valence-electron chi connectivity index (χ0n) is 12.2. The van der Waals surface area contributed by atoms with Gasteiger partial charge in [0.25, 0.3) is 11.6 Å². The van der Waals surface area contributed by atoms with Crippen LogP contribution in [0.25, 0.3) is 10.9 Å². The minimum Gasteiger partial charge on any atom is -0.280 e. The Labute approximate surface area is 126 Å². The minimum absolute atomic E-state index is 0.0213. The van der Waals surface area contributed by atoms with Crippen molar-refractivity contribution in [3.63, 3.8) is 0 Å². The van der Waals surface area contributed by atoms with Crippen molar-refractivity contribution in [3.05, 3.63) is 75.5 Å². The predicted molar refractivity (Wildman–Crippen MR) is 84.2 cm³/mol. The Balaban J connectivity index is 2.19. The predicted octanol–water partition coefficient (Wildman–Crippen LogP) is 3.85. The molecule has 0 saturated carbocycles. The van der Waals surface area contributed by atoms with Gasteiger partial charge in [0.1, 0.15) is 0 Å². The first-order valence-electron chi connectivity index (χ1n) is 6.86. The van der Waals surface area contributed by atoms with E-state index in [0.29, 0.717) is 16.5 Å². The van der Waals surface area contributed by atoms with Gasteiger partial charge in [-0.2, -0.15) is 0 Å². The highest BCUT2D eigenvalue weighted by molar-refractivity contribution is 6.04. The molecule has 1 aromatic heterocycles. The first-order chi connectivity index (χ1) is 10.5. The van der Waals surface area contributed by atoms with Gasteiger partial charge >= 0.3 is 0 Å². The minimum atomic E-state index is -0.435. The number of nitrogens with zero attached hydrogens (tertiary/aromatic N) is 2. The molecule has 0 aliphatic heterocycles. The van der Waals surface area contributed by atoms with Crippen LogP contribution in [0.3, 0.4) is 0 Å². The summed E-state index contributed by atoms with van der Waals surface area (Å²) < 4.78 is 1.60. The quantitative estimate of drug-likeness (QED) is 0.532. The molecule has 0 radical (unpaired) electrons. The number of rotatable bonds is 2. The normalized spacial score (nSPS) is 10.8. The third-order valence-electron chi connectivity index (χ3n) is 3.76. The molecular weight excluding hydrogens is 280 g/mol. The standard InChI is InChI=1S/C17H14N2O3/c1-11-5-3-4-6-15(11)17(20)18-12(2)9-13-10-14(19(21)22)7-8-16(13)18/h3-10H,1-2H3. The van der Waals surface area contributed by atoms with Crippen molar-refractivity contribution in [3.8, 4) is 0 Å². The van der Waals surface area contributed by atoms with E-state index < -0.39 is 4.92 Å². The van der Waals surface area contributed by atoms with Crippen LogP contribution in [0.2, 0.25) is 0 Å². The molecule has 3 aromatic rings. The molecule has 2 aromatic carbocycles. The second kappa shape index (κ2) is 5.11. The fourth-order valence-corrected chi connectivity index (χ4v) is 2.66. The molecule has 3 rings (SSSR count). The van der Waals surface area contributed by atoms with E-state index >= 15 is 0 Å². The van der Waals surface area contributed by atoms with Crippen molar-refractivity contribution in [2.75, 3.05) is 0 Å². The number of hydrogen-bond donors (Lipinski definition) is 0. The molecule has 0 atom stereocenters. The van der Waals surface area contributed by atoms with Gasteiger partial charge in [-0.1, -0.05) is 18.2 Å². The Morgan fingerprint density at radius 1 is 1.09 bits per heavy atom. The highest BCUT2D eigenvalue weighted by Crippen LogP contribution is 2.25. The SMILES string of the molecule is Cc1ccccc1C(=O)n1c(C)cc2cc([N+](=O)[O-])ccc21. The molecule has 0 spiro atoms. The number of hydrogen-bond acceptors (Lipinski definition) is 3. The molecule has 22 heavy (non-hydrogen) atoms. The molecule has 0 saturated heterocycles. The van der Waals surface area contributed by atoms with Gasteiger partial charge in [-0.15, -0.1) is 0 Å². The summed E-state index contributed by atoms with van der Waals surface area (Å²) in [6.07, 6.45) is 0. The monoisotopic (exact) mass is 294 g/mol. The first kappa shape index (κ1) is 14.0. The summed E-state index contributed by atoms with van der Waals surface area (Å²) in [5.41, 5.74) is 2.98. The highest BCUT2D eigenvalue weighted by atomic mass is 16.6. The summed E-state index contributed by atoms with van der Waals surface area (Å²) in [5, 5.41) is 11.6. The van der Waals surface area contributed by atoms with Crippen LogP contribution in [-0.4, -0.2) is 15.4 Å². The van der Waals surface area contributed by atoms with Crippen LogP contribution in [0.15, 0.2) is 48.5 Å². The Bertz CT molecular complexity index is 909. The zero-order valence-corrected chi connectivity index (χ0v) is 12.2. The molecular formula is C17H14N2O3. The third-order valence-corrected chi connectivity index (χ3v) is 3.76. The van der Waals surface area contributed by atoms with Crippen molar-refractivity contribution in [2.45, 2.75) is 13.8 Å². The number of non-ortho nitro benzene ring substituents is 1. The number of carbonyl (C=O) groups is 1. The molecule has 0 aliphatic carbocycles. The van der Waals surface area contributed by atoms with E-state index in [4.69, 9.17) is 0 Å². The number of aryl methyl sites for hydroxylation is 2. The number of aromatic nitrogens is 1. The molecule has 5 heteroatoms. The Morgan fingerprint density at radius 2 is 1.82 bits per heavy atom. The summed E-state index contributed by atoms with van der Waals surface area (Å²) in [5.74, 6) is -0.126. The van der Waals surface area contributed by atoms with Gasteiger partial charge in [-0.05, 0) is 37.6 Å². The lowest BCUT2D eigenvalue weighted by Gasteiger charge is -2.09. The number of carbonyl (C=O) groups excluding carboxylic acids is 1. The van der Waals surface area contributed by atoms with E-state index in [2.05, 4.69) is 0 Å². The second-order valence-electron chi connectivity index (χ2n) is 5.24. The average molecular weight is 294 g/mol. The maximum atomic E-state index is 12.8. The smallest absolute Gasteiger partial charge is 0.270 e. The van der Waals surface area contributed by atoms with Crippen molar-refractivity contribution in [2.24, 2.45) is 0 Å². The lowest BCUT2D eigenvalue weighted by molar-refractivity contribution is -0.384. The number of nitro benzene ring substituents is 1. The summed E-state index contributed by atoms with van der Waals surface area (Å²) in [4.78, 5) is 23.2. The van der Waals surface area contributed by atoms with E-state index in [1.54, 1.807) is 22.8 Å². The highest BCUT2D eigenvalue weighted by Gasteiger charge is 2.17. The van der Waals surface area contributed by atoms with Crippen molar-refractivity contribution in [1.82, 2.24) is 4.57 Å². The molecule has 5 nitrogen and oxygen atoms in total. The first-order valence-corrected chi connectivity index (χ1v) is 6.86. The van der Waals surface area contributed by atoms with Gasteiger partial charge in [0.05, 0.1) is 10.4 Å². The summed E-state index contributed by atoms with van der Waals surface area (Å²) in [6.45, 7) is 3.71. The lowest BCUT2D eigenvalue weighted by Crippen LogP contribution is -2.14. The van der Waals surface area contributed by atoms with E-state index in [1.807, 2.05) is 32.0 Å². The molecule has 0 aliphatic rings. The van der Waals surface area contributed by atoms with Crippen LogP contribution in [0.1, 0.15) is 21.6 Å². The van der Waals surface area contributed by atoms with E-state index in [9.17, 15) is 14.9 Å². The summed E-state index contributed by atoms with van der Waals surface area (Å²) in [7, 11) is 0. The fraction of sp³-hybridized carbons (Fsp3) is 0.118. The fourth-order valence-electron chi connectivity index (χ4n) is 2.66. The van der Waals surface area contributed by atoms with Gasteiger partial charge in [-0.25, -0.2) is 0 Å². The second-order valence-corrected chi connectivity index (χ2v) is 5.24. The van der Waals surface area contributed by atoms with Crippen LogP contribution in [0.4, 0.5) is 5.69 Å². The van der Waals surface area contributed by atoms with Crippen molar-refractivity contribution in [1.29, 1.82) is 0 Å². The molecule has 0 N–H and O–H groups in total. The van der Waals surface area contributed by atoms with Gasteiger partial charge in [-0.3, -0.25) is 19.5 Å². The number of fused-ring (bicyclic) bond motifs is 1. The van der Waals surface area contributed by atoms with E-state index in [1.165, 1.54) is 12.1 Å². The van der Waals surface area contributed by atoms with Crippen molar-refractivity contribution >= 4 is 22.5 Å². The Hall–Kier alpha value is -2.95. The van der Waals surface area contributed by atoms with Gasteiger partial charge in [0, 0.05) is 28.8 Å². The van der Waals surface area contributed by atoms with Gasteiger partial charge in [0.2, 0.25) is 0 Å². The topological polar surface area (TPSA) is 65.1 Å². The van der Waals surface area contributed by atoms with Crippen LogP contribution in [-0.2, 0) is 0 Å². The third kappa shape index (κ3) is 2.16. The summed E-state index contributed by atoms with van der Waals surface area (Å²) >= 11 is 0.